The van der Waals surface area contributed by atoms with Crippen LogP contribution in [0.4, 0.5) is 0 Å². The Morgan fingerprint density at radius 2 is 1.76 bits per heavy atom. The van der Waals surface area contributed by atoms with Crippen LogP contribution in [0, 0.1) is 0 Å². The SMILES string of the molecule is CC[C@H]1CCCCN1Cc1nc2c(c(=O)n(C)c(=O)n2C)n1Cc1cccc2ccccc12. The summed E-state index contributed by atoms with van der Waals surface area (Å²) in [5.74, 6) is 0.844. The van der Waals surface area contributed by atoms with E-state index in [1.165, 1.54) is 46.2 Å². The predicted molar refractivity (Wildman–Crippen MR) is 132 cm³/mol. The van der Waals surface area contributed by atoms with Crippen LogP contribution in [0.5, 0.6) is 0 Å². The number of hydrogen-bond acceptors (Lipinski definition) is 4. The highest BCUT2D eigenvalue weighted by molar-refractivity contribution is 5.85. The average Bonchev–Trinajstić information content (AvgIpc) is 3.20. The van der Waals surface area contributed by atoms with Gasteiger partial charge in [0.25, 0.3) is 5.56 Å². The maximum atomic E-state index is 13.3. The van der Waals surface area contributed by atoms with Gasteiger partial charge in [-0.1, -0.05) is 55.8 Å². The van der Waals surface area contributed by atoms with Gasteiger partial charge in [-0.3, -0.25) is 18.8 Å². The highest BCUT2D eigenvalue weighted by Gasteiger charge is 2.25. The molecule has 1 fully saturated rings. The lowest BCUT2D eigenvalue weighted by atomic mass is 10.00. The minimum absolute atomic E-state index is 0.294. The molecule has 172 valence electrons. The van der Waals surface area contributed by atoms with E-state index in [0.717, 1.165) is 24.4 Å². The van der Waals surface area contributed by atoms with E-state index in [1.807, 2.05) is 16.7 Å². The van der Waals surface area contributed by atoms with Gasteiger partial charge < -0.3 is 4.57 Å². The van der Waals surface area contributed by atoms with E-state index in [9.17, 15) is 9.59 Å². The van der Waals surface area contributed by atoms with Crippen LogP contribution >= 0.6 is 0 Å². The Morgan fingerprint density at radius 3 is 2.58 bits per heavy atom. The molecule has 7 nitrogen and oxygen atoms in total. The largest absolute Gasteiger partial charge is 0.332 e. The molecule has 0 amide bonds. The molecule has 1 saturated heterocycles. The molecule has 7 heteroatoms. The van der Waals surface area contributed by atoms with Crippen LogP contribution < -0.4 is 11.2 Å². The van der Waals surface area contributed by atoms with Gasteiger partial charge in [0.1, 0.15) is 5.82 Å². The summed E-state index contributed by atoms with van der Waals surface area (Å²) >= 11 is 0. The van der Waals surface area contributed by atoms with E-state index in [1.54, 1.807) is 7.05 Å². The van der Waals surface area contributed by atoms with Crippen molar-refractivity contribution >= 4 is 21.9 Å². The van der Waals surface area contributed by atoms with E-state index in [0.29, 0.717) is 30.3 Å². The van der Waals surface area contributed by atoms with Gasteiger partial charge in [-0.15, -0.1) is 0 Å². The minimum Gasteiger partial charge on any atom is -0.317 e. The lowest BCUT2D eigenvalue weighted by molar-refractivity contribution is 0.131. The number of fused-ring (bicyclic) bond motifs is 2. The maximum Gasteiger partial charge on any atom is 0.332 e. The molecule has 1 atom stereocenters. The molecule has 0 N–H and O–H groups in total. The summed E-state index contributed by atoms with van der Waals surface area (Å²) < 4.78 is 4.72. The summed E-state index contributed by atoms with van der Waals surface area (Å²) in [6, 6.07) is 15.1. The van der Waals surface area contributed by atoms with Gasteiger partial charge in [0.15, 0.2) is 11.2 Å². The summed E-state index contributed by atoms with van der Waals surface area (Å²) in [4.78, 5) is 33.3. The van der Waals surface area contributed by atoms with Gasteiger partial charge >= 0.3 is 5.69 Å². The molecule has 33 heavy (non-hydrogen) atoms. The molecular weight excluding hydrogens is 414 g/mol. The molecule has 1 aliphatic rings. The van der Waals surface area contributed by atoms with Crippen molar-refractivity contribution < 1.29 is 0 Å². The predicted octanol–water partition coefficient (Wildman–Crippen LogP) is 3.40. The van der Waals surface area contributed by atoms with Crippen LogP contribution in [-0.4, -0.2) is 36.2 Å². The Bertz CT molecular complexity index is 1440. The highest BCUT2D eigenvalue weighted by atomic mass is 16.2. The molecule has 0 bridgehead atoms. The molecule has 0 unspecified atom stereocenters. The molecule has 0 saturated carbocycles. The topological polar surface area (TPSA) is 65.1 Å². The molecule has 0 aliphatic carbocycles. The Kier molecular flexibility index (Phi) is 5.66. The van der Waals surface area contributed by atoms with Crippen molar-refractivity contribution in [1.29, 1.82) is 0 Å². The minimum atomic E-state index is -0.349. The zero-order valence-corrected chi connectivity index (χ0v) is 19.6. The first-order chi connectivity index (χ1) is 16.0. The molecule has 4 aromatic rings. The van der Waals surface area contributed by atoms with Crippen molar-refractivity contribution in [2.24, 2.45) is 14.1 Å². The summed E-state index contributed by atoms with van der Waals surface area (Å²) in [7, 11) is 3.23. The van der Waals surface area contributed by atoms with Crippen molar-refractivity contribution in [3.8, 4) is 0 Å². The van der Waals surface area contributed by atoms with Crippen LogP contribution in [-0.2, 0) is 27.2 Å². The van der Waals surface area contributed by atoms with E-state index >= 15 is 0 Å². The fraction of sp³-hybridized carbons (Fsp3) is 0.423. The van der Waals surface area contributed by atoms with Crippen molar-refractivity contribution in [2.45, 2.75) is 51.7 Å². The third-order valence-electron chi connectivity index (χ3n) is 7.20. The Hall–Kier alpha value is -3.19. The van der Waals surface area contributed by atoms with Crippen molar-refractivity contribution in [3.05, 3.63) is 74.7 Å². The normalized spacial score (nSPS) is 17.2. The third kappa shape index (κ3) is 3.70. The number of nitrogens with zero attached hydrogens (tertiary/aromatic N) is 5. The Morgan fingerprint density at radius 1 is 0.970 bits per heavy atom. The highest BCUT2D eigenvalue weighted by Crippen LogP contribution is 2.25. The smallest absolute Gasteiger partial charge is 0.317 e. The van der Waals surface area contributed by atoms with Gasteiger partial charge in [-0.2, -0.15) is 0 Å². The number of aromatic nitrogens is 4. The number of imidazole rings is 1. The number of benzene rings is 2. The standard InChI is InChI=1S/C26H31N5O2/c1-4-20-13-7-8-15-30(20)17-22-27-24-23(25(32)29(3)26(33)28(24)2)31(22)16-19-12-9-11-18-10-5-6-14-21(18)19/h5-6,9-12,14,20H,4,7-8,13,15-17H2,1-3H3/t20-/m0/s1. The quantitative estimate of drug-likeness (QED) is 0.472. The van der Waals surface area contributed by atoms with Crippen molar-refractivity contribution in [3.63, 3.8) is 0 Å². The van der Waals surface area contributed by atoms with Gasteiger partial charge in [0.2, 0.25) is 0 Å². The van der Waals surface area contributed by atoms with Crippen LogP contribution in [0.1, 0.15) is 44.0 Å². The van der Waals surface area contributed by atoms with E-state index in [4.69, 9.17) is 4.98 Å². The number of rotatable bonds is 5. The van der Waals surface area contributed by atoms with Gasteiger partial charge in [0, 0.05) is 20.1 Å². The molecule has 1 aliphatic heterocycles. The Balaban J connectivity index is 1.70. The van der Waals surface area contributed by atoms with Crippen LogP contribution in [0.3, 0.4) is 0 Å². The summed E-state index contributed by atoms with van der Waals surface area (Å²) in [5.41, 5.74) is 1.45. The summed E-state index contributed by atoms with van der Waals surface area (Å²) in [5, 5.41) is 2.34. The second-order valence-electron chi connectivity index (χ2n) is 9.16. The lowest BCUT2D eigenvalue weighted by Crippen LogP contribution is -2.39. The van der Waals surface area contributed by atoms with Crippen LogP contribution in [0.25, 0.3) is 21.9 Å². The zero-order valence-electron chi connectivity index (χ0n) is 19.6. The van der Waals surface area contributed by atoms with Crippen molar-refractivity contribution in [2.75, 3.05) is 6.54 Å². The van der Waals surface area contributed by atoms with Crippen molar-refractivity contribution in [1.82, 2.24) is 23.6 Å². The molecule has 5 rings (SSSR count). The maximum absolute atomic E-state index is 13.3. The number of hydrogen-bond donors (Lipinski definition) is 0. The number of likely N-dealkylation sites (tertiary alicyclic amines) is 1. The zero-order chi connectivity index (χ0) is 23.1. The first-order valence-corrected chi connectivity index (χ1v) is 11.9. The van der Waals surface area contributed by atoms with E-state index in [2.05, 4.69) is 42.2 Å². The lowest BCUT2D eigenvalue weighted by Gasteiger charge is -2.34. The van der Waals surface area contributed by atoms with Crippen LogP contribution in [0.2, 0.25) is 0 Å². The first kappa shape index (κ1) is 21.6. The second kappa shape index (κ2) is 8.63. The molecule has 0 radical (unpaired) electrons. The van der Waals surface area contributed by atoms with Crippen LogP contribution in [0.15, 0.2) is 52.1 Å². The molecule has 2 aromatic carbocycles. The fourth-order valence-corrected chi connectivity index (χ4v) is 5.30. The van der Waals surface area contributed by atoms with E-state index < -0.39 is 0 Å². The summed E-state index contributed by atoms with van der Waals surface area (Å²) in [6.45, 7) is 4.48. The van der Waals surface area contributed by atoms with Gasteiger partial charge in [-0.25, -0.2) is 9.78 Å². The molecule has 0 spiro atoms. The Labute approximate surface area is 192 Å². The van der Waals surface area contributed by atoms with E-state index in [-0.39, 0.29) is 11.2 Å². The molecule has 2 aromatic heterocycles. The first-order valence-electron chi connectivity index (χ1n) is 11.9. The number of aryl methyl sites for hydroxylation is 1. The third-order valence-corrected chi connectivity index (χ3v) is 7.20. The average molecular weight is 446 g/mol. The summed E-state index contributed by atoms with van der Waals surface area (Å²) in [6.07, 6.45) is 4.74. The molecule has 3 heterocycles. The molecular formula is C26H31N5O2. The van der Waals surface area contributed by atoms with Gasteiger partial charge in [-0.05, 0) is 42.1 Å². The van der Waals surface area contributed by atoms with Gasteiger partial charge in [0.05, 0.1) is 13.1 Å². The monoisotopic (exact) mass is 445 g/mol. The second-order valence-corrected chi connectivity index (χ2v) is 9.16. The number of piperidine rings is 1. The fourth-order valence-electron chi connectivity index (χ4n) is 5.30.